The first-order valence-electron chi connectivity index (χ1n) is 9.47. The summed E-state index contributed by atoms with van der Waals surface area (Å²) in [6, 6.07) is 1.77. The summed E-state index contributed by atoms with van der Waals surface area (Å²) in [6.07, 6.45) is 2.39. The molecule has 0 aromatic carbocycles. The highest BCUT2D eigenvalue weighted by molar-refractivity contribution is 5.95. The van der Waals surface area contributed by atoms with Crippen LogP contribution >= 0.6 is 0 Å². The highest BCUT2D eigenvalue weighted by Gasteiger charge is 2.73. The molecular formula is C20H22O7. The lowest BCUT2D eigenvalue weighted by Gasteiger charge is -2.55. The van der Waals surface area contributed by atoms with Gasteiger partial charge < -0.3 is 19.0 Å². The Morgan fingerprint density at radius 3 is 2.70 bits per heavy atom. The van der Waals surface area contributed by atoms with E-state index in [1.165, 1.54) is 6.26 Å². The Morgan fingerprint density at radius 2 is 1.96 bits per heavy atom. The number of carbonyl (C=O) groups is 3. The van der Waals surface area contributed by atoms with Gasteiger partial charge in [0.15, 0.2) is 6.29 Å². The van der Waals surface area contributed by atoms with Crippen molar-refractivity contribution in [1.29, 1.82) is 0 Å². The standard InChI is InChI=1S/C20H22O7/c1-10-4-16(22)20-9-26-17(23)13(20)5-12(21)6-15(20)19(10)7-14(27-18(19)24)11-2-3-25-8-11/h2-3,8,10,13-15,17,23H,4-7,9H2,1H3/t10-,13+,14+,15-,17-,19-,20+/m1/s1. The van der Waals surface area contributed by atoms with Crippen LogP contribution in [0, 0.1) is 28.6 Å². The first kappa shape index (κ1) is 17.1. The van der Waals surface area contributed by atoms with Crippen LogP contribution in [0.3, 0.4) is 0 Å². The maximum Gasteiger partial charge on any atom is 0.313 e. The molecule has 1 aromatic heterocycles. The number of ether oxygens (including phenoxy) is 2. The van der Waals surface area contributed by atoms with Crippen LogP contribution in [0.1, 0.15) is 44.3 Å². The molecule has 1 N–H and O–H groups in total. The Balaban J connectivity index is 1.63. The number of hydrogen-bond donors (Lipinski definition) is 1. The van der Waals surface area contributed by atoms with Gasteiger partial charge in [-0.2, -0.15) is 0 Å². The van der Waals surface area contributed by atoms with Crippen LogP contribution in [0.5, 0.6) is 0 Å². The SMILES string of the molecule is C[C@@H]1CC(=O)[C@@]23CO[C@@H](O)[C@@H]2CC(=O)C[C@@H]3[C@@]12C[C@@H](c1ccoc1)OC2=O. The molecule has 2 saturated heterocycles. The quantitative estimate of drug-likeness (QED) is 0.748. The third kappa shape index (κ3) is 2.01. The number of aliphatic hydroxyl groups excluding tert-OH is 1. The van der Waals surface area contributed by atoms with E-state index in [1.807, 2.05) is 6.92 Å². The van der Waals surface area contributed by atoms with Gasteiger partial charge in [-0.3, -0.25) is 14.4 Å². The Bertz CT molecular complexity index is 814. The third-order valence-corrected chi connectivity index (χ3v) is 7.58. The highest BCUT2D eigenvalue weighted by atomic mass is 16.6. The van der Waals surface area contributed by atoms with E-state index in [2.05, 4.69) is 0 Å². The molecule has 0 bridgehead atoms. The largest absolute Gasteiger partial charge is 0.472 e. The summed E-state index contributed by atoms with van der Waals surface area (Å²) in [6.45, 7) is 1.96. The van der Waals surface area contributed by atoms with Crippen LogP contribution < -0.4 is 0 Å². The molecule has 2 saturated carbocycles. The summed E-state index contributed by atoms with van der Waals surface area (Å²) in [4.78, 5) is 38.9. The molecule has 2 aliphatic heterocycles. The number of furan rings is 1. The second kappa shape index (κ2) is 5.52. The Kier molecular flexibility index (Phi) is 3.50. The molecule has 7 heteroatoms. The van der Waals surface area contributed by atoms with E-state index in [1.54, 1.807) is 12.3 Å². The monoisotopic (exact) mass is 374 g/mol. The van der Waals surface area contributed by atoms with Gasteiger partial charge >= 0.3 is 5.97 Å². The van der Waals surface area contributed by atoms with Crippen molar-refractivity contribution < 1.29 is 33.4 Å². The van der Waals surface area contributed by atoms with E-state index >= 15 is 0 Å². The number of fused-ring (bicyclic) bond motifs is 1. The molecule has 0 radical (unpaired) electrons. The van der Waals surface area contributed by atoms with Crippen molar-refractivity contribution in [2.24, 2.45) is 28.6 Å². The van der Waals surface area contributed by atoms with Gasteiger partial charge in [-0.25, -0.2) is 0 Å². The van der Waals surface area contributed by atoms with E-state index in [-0.39, 0.29) is 49.3 Å². The van der Waals surface area contributed by atoms with Crippen LogP contribution in [0.4, 0.5) is 0 Å². The topological polar surface area (TPSA) is 103 Å². The van der Waals surface area contributed by atoms with Gasteiger partial charge in [-0.15, -0.1) is 0 Å². The van der Waals surface area contributed by atoms with Gasteiger partial charge in [0, 0.05) is 37.2 Å². The molecule has 7 atom stereocenters. The molecule has 0 unspecified atom stereocenters. The minimum absolute atomic E-state index is 0.000707. The van der Waals surface area contributed by atoms with Gasteiger partial charge in [0.2, 0.25) is 0 Å². The molecule has 144 valence electrons. The molecule has 5 rings (SSSR count). The summed E-state index contributed by atoms with van der Waals surface area (Å²) in [5.41, 5.74) is -1.14. The van der Waals surface area contributed by atoms with Crippen molar-refractivity contribution in [1.82, 2.24) is 0 Å². The van der Waals surface area contributed by atoms with Gasteiger partial charge in [-0.05, 0) is 17.9 Å². The van der Waals surface area contributed by atoms with Crippen molar-refractivity contribution in [3.63, 3.8) is 0 Å². The predicted molar refractivity (Wildman–Crippen MR) is 89.0 cm³/mol. The van der Waals surface area contributed by atoms with E-state index in [4.69, 9.17) is 13.9 Å². The van der Waals surface area contributed by atoms with E-state index in [0.717, 1.165) is 5.56 Å². The fourth-order valence-electron chi connectivity index (χ4n) is 6.20. The zero-order valence-corrected chi connectivity index (χ0v) is 15.1. The number of carbonyl (C=O) groups excluding carboxylic acids is 3. The van der Waals surface area contributed by atoms with Crippen LogP contribution in [0.2, 0.25) is 0 Å². The second-order valence-electron chi connectivity index (χ2n) is 8.57. The molecular weight excluding hydrogens is 352 g/mol. The molecule has 3 heterocycles. The molecule has 2 aliphatic carbocycles. The summed E-state index contributed by atoms with van der Waals surface area (Å²) < 4.78 is 16.3. The zero-order valence-electron chi connectivity index (χ0n) is 15.1. The molecule has 7 nitrogen and oxygen atoms in total. The normalized spacial score (nSPS) is 46.4. The lowest BCUT2D eigenvalue weighted by atomic mass is 9.44. The number of rotatable bonds is 1. The van der Waals surface area contributed by atoms with Gasteiger partial charge in [0.1, 0.15) is 17.7 Å². The molecule has 1 aromatic rings. The smallest absolute Gasteiger partial charge is 0.313 e. The van der Waals surface area contributed by atoms with Crippen molar-refractivity contribution in [2.45, 2.75) is 45.0 Å². The number of cyclic esters (lactones) is 1. The van der Waals surface area contributed by atoms with Gasteiger partial charge in [-0.1, -0.05) is 6.92 Å². The van der Waals surface area contributed by atoms with Crippen molar-refractivity contribution in [2.75, 3.05) is 6.61 Å². The summed E-state index contributed by atoms with van der Waals surface area (Å²) >= 11 is 0. The molecule has 4 aliphatic rings. The molecule has 27 heavy (non-hydrogen) atoms. The number of ketones is 2. The predicted octanol–water partition coefficient (Wildman–Crippen LogP) is 1.79. The van der Waals surface area contributed by atoms with Gasteiger partial charge in [0.05, 0.1) is 30.0 Å². The Morgan fingerprint density at radius 1 is 1.15 bits per heavy atom. The summed E-state index contributed by atoms with van der Waals surface area (Å²) in [7, 11) is 0. The van der Waals surface area contributed by atoms with E-state index in [0.29, 0.717) is 6.42 Å². The number of aliphatic hydroxyl groups is 1. The number of Topliss-reactive ketones (excluding diaryl/α,β-unsaturated/α-hetero) is 2. The fourth-order valence-corrected chi connectivity index (χ4v) is 6.20. The maximum absolute atomic E-state index is 13.2. The summed E-state index contributed by atoms with van der Waals surface area (Å²) in [5, 5.41) is 10.3. The fraction of sp³-hybridized carbons (Fsp3) is 0.650. The van der Waals surface area contributed by atoms with Crippen molar-refractivity contribution in [3.05, 3.63) is 24.2 Å². The van der Waals surface area contributed by atoms with Crippen LogP contribution in [-0.4, -0.2) is 35.5 Å². The van der Waals surface area contributed by atoms with E-state index in [9.17, 15) is 19.5 Å². The number of esters is 1. The Hall–Kier alpha value is -1.99. The average Bonchev–Trinajstić information content (AvgIpc) is 3.33. The highest BCUT2D eigenvalue weighted by Crippen LogP contribution is 2.67. The van der Waals surface area contributed by atoms with Crippen LogP contribution in [0.15, 0.2) is 23.0 Å². The van der Waals surface area contributed by atoms with Gasteiger partial charge in [0.25, 0.3) is 0 Å². The zero-order chi connectivity index (χ0) is 19.0. The average molecular weight is 374 g/mol. The minimum atomic E-state index is -1.15. The maximum atomic E-state index is 13.2. The lowest BCUT2D eigenvalue weighted by molar-refractivity contribution is -0.176. The lowest BCUT2D eigenvalue weighted by Crippen LogP contribution is -2.63. The van der Waals surface area contributed by atoms with E-state index < -0.39 is 35.1 Å². The third-order valence-electron chi connectivity index (χ3n) is 7.58. The first-order chi connectivity index (χ1) is 12.9. The summed E-state index contributed by atoms with van der Waals surface area (Å²) in [5.74, 6) is -1.72. The minimum Gasteiger partial charge on any atom is -0.472 e. The van der Waals surface area contributed by atoms with Crippen LogP contribution in [-0.2, 0) is 23.9 Å². The Labute approximate surface area is 156 Å². The van der Waals surface area contributed by atoms with Crippen molar-refractivity contribution >= 4 is 17.5 Å². The van der Waals surface area contributed by atoms with Crippen LogP contribution in [0.25, 0.3) is 0 Å². The number of hydrogen-bond acceptors (Lipinski definition) is 7. The van der Waals surface area contributed by atoms with Crippen molar-refractivity contribution in [3.8, 4) is 0 Å². The second-order valence-corrected chi connectivity index (χ2v) is 8.57. The first-order valence-corrected chi connectivity index (χ1v) is 9.47. The molecule has 2 spiro atoms. The molecule has 4 fully saturated rings. The molecule has 0 amide bonds.